The molecule has 0 radical (unpaired) electrons. The maximum Gasteiger partial charge on any atom is 0.328 e. The Balaban J connectivity index is 1.60. The first-order valence-corrected chi connectivity index (χ1v) is 9.09. The smallest absolute Gasteiger partial charge is 0.328 e. The molecule has 0 aliphatic rings. The van der Waals surface area contributed by atoms with E-state index in [2.05, 4.69) is 5.10 Å². The van der Waals surface area contributed by atoms with Crippen molar-refractivity contribution in [3.8, 4) is 0 Å². The zero-order valence-electron chi connectivity index (χ0n) is 15.6. The van der Waals surface area contributed by atoms with Crippen LogP contribution in [0.15, 0.2) is 58.1 Å². The van der Waals surface area contributed by atoms with Gasteiger partial charge in [0.05, 0.1) is 10.8 Å². The lowest BCUT2D eigenvalue weighted by Crippen LogP contribution is -2.35. The molecule has 0 aliphatic heterocycles. The van der Waals surface area contributed by atoms with E-state index in [0.29, 0.717) is 11.6 Å². The van der Waals surface area contributed by atoms with Crippen LogP contribution >= 0.6 is 11.6 Å². The van der Waals surface area contributed by atoms with Crippen molar-refractivity contribution in [2.45, 2.75) is 13.1 Å². The van der Waals surface area contributed by atoms with E-state index in [1.807, 2.05) is 6.07 Å². The second-order valence-corrected chi connectivity index (χ2v) is 6.85. The van der Waals surface area contributed by atoms with Gasteiger partial charge in [-0.05, 0) is 29.8 Å². The third kappa shape index (κ3) is 4.91. The zero-order chi connectivity index (χ0) is 21.0. The average molecular weight is 416 g/mol. The van der Waals surface area contributed by atoms with Crippen LogP contribution in [0.4, 0.5) is 0 Å². The fraction of sp³-hybridized carbons (Fsp3) is 0.200. The van der Waals surface area contributed by atoms with Crippen molar-refractivity contribution >= 4 is 34.2 Å². The molecule has 1 aromatic heterocycles. The van der Waals surface area contributed by atoms with Gasteiger partial charge in [-0.2, -0.15) is 0 Å². The molecule has 29 heavy (non-hydrogen) atoms. The topological polar surface area (TPSA) is 101 Å². The molecule has 1 amide bonds. The van der Waals surface area contributed by atoms with Crippen LogP contribution in [0.3, 0.4) is 0 Å². The quantitative estimate of drug-likeness (QED) is 0.615. The number of aromatic nitrogens is 2. The number of nitrogens with one attached hydrogen (secondary N) is 1. The van der Waals surface area contributed by atoms with E-state index in [4.69, 9.17) is 16.3 Å². The van der Waals surface area contributed by atoms with E-state index in [9.17, 15) is 19.2 Å². The number of halogens is 1. The summed E-state index contributed by atoms with van der Waals surface area (Å²) in [4.78, 5) is 50.1. The molecular formula is C20H18ClN3O5. The summed E-state index contributed by atoms with van der Waals surface area (Å²) in [6.07, 6.45) is 0. The second kappa shape index (κ2) is 8.74. The van der Waals surface area contributed by atoms with Crippen LogP contribution in [-0.2, 0) is 27.4 Å². The highest BCUT2D eigenvalue weighted by Gasteiger charge is 2.15. The van der Waals surface area contributed by atoms with Crippen LogP contribution in [-0.4, -0.2) is 40.2 Å². The first-order chi connectivity index (χ1) is 13.8. The number of benzene rings is 2. The first kappa shape index (κ1) is 20.3. The van der Waals surface area contributed by atoms with E-state index in [0.717, 1.165) is 10.2 Å². The maximum absolute atomic E-state index is 12.4. The number of rotatable bonds is 6. The number of hydrogen-bond donors (Lipinski definition) is 1. The van der Waals surface area contributed by atoms with E-state index >= 15 is 0 Å². The van der Waals surface area contributed by atoms with Crippen LogP contribution in [0.2, 0.25) is 5.02 Å². The highest BCUT2D eigenvalue weighted by molar-refractivity contribution is 6.30. The number of aromatic amines is 1. The monoisotopic (exact) mass is 415 g/mol. The fourth-order valence-corrected chi connectivity index (χ4v) is 3.00. The largest absolute Gasteiger partial charge is 0.454 e. The van der Waals surface area contributed by atoms with Crippen molar-refractivity contribution in [3.05, 3.63) is 79.8 Å². The summed E-state index contributed by atoms with van der Waals surface area (Å²) in [7, 11) is 1.57. The third-order valence-corrected chi connectivity index (χ3v) is 4.50. The van der Waals surface area contributed by atoms with Gasteiger partial charge >= 0.3 is 5.97 Å². The zero-order valence-corrected chi connectivity index (χ0v) is 16.3. The molecule has 0 saturated heterocycles. The lowest BCUT2D eigenvalue weighted by Gasteiger charge is -2.17. The van der Waals surface area contributed by atoms with Crippen molar-refractivity contribution in [1.29, 1.82) is 0 Å². The van der Waals surface area contributed by atoms with Gasteiger partial charge < -0.3 is 9.64 Å². The Morgan fingerprint density at radius 2 is 1.83 bits per heavy atom. The van der Waals surface area contributed by atoms with Crippen LogP contribution in [0.25, 0.3) is 10.8 Å². The van der Waals surface area contributed by atoms with Crippen LogP contribution in [0.5, 0.6) is 0 Å². The first-order valence-electron chi connectivity index (χ1n) is 8.71. The molecule has 0 saturated carbocycles. The summed E-state index contributed by atoms with van der Waals surface area (Å²) >= 11 is 5.92. The standard InChI is InChI=1S/C20H18ClN3O5/c1-23(10-13-5-4-6-14(21)9-13)17(25)12-29-18(26)11-24-20(28)16-8-3-2-7-15(16)19(27)22-24/h2-9H,10-12H2,1H3,(H,22,27). The molecule has 0 aliphatic carbocycles. The molecule has 1 heterocycles. The summed E-state index contributed by atoms with van der Waals surface area (Å²) in [6.45, 7) is -0.693. The Morgan fingerprint density at radius 3 is 2.55 bits per heavy atom. The minimum absolute atomic E-state index is 0.196. The van der Waals surface area contributed by atoms with Gasteiger partial charge in [0.15, 0.2) is 6.61 Å². The van der Waals surface area contributed by atoms with Crippen LogP contribution < -0.4 is 11.1 Å². The Hall–Kier alpha value is -3.39. The molecule has 3 aromatic rings. The van der Waals surface area contributed by atoms with Crippen LogP contribution in [0, 0.1) is 0 Å². The SMILES string of the molecule is CN(Cc1cccc(Cl)c1)C(=O)COC(=O)Cn1[nH]c(=O)c2ccccc2c1=O. The fourth-order valence-electron chi connectivity index (χ4n) is 2.78. The molecule has 0 spiro atoms. The number of amides is 1. The molecule has 2 aromatic carbocycles. The lowest BCUT2D eigenvalue weighted by molar-refractivity contribution is -0.152. The molecule has 0 unspecified atom stereocenters. The number of likely N-dealkylation sites (N-methyl/N-ethyl adjacent to an activating group) is 1. The number of H-pyrrole nitrogens is 1. The molecule has 1 N–H and O–H groups in total. The van der Waals surface area contributed by atoms with E-state index < -0.39 is 36.1 Å². The van der Waals surface area contributed by atoms with Crippen molar-refractivity contribution in [2.24, 2.45) is 0 Å². The number of fused-ring (bicyclic) bond motifs is 1. The summed E-state index contributed by atoms with van der Waals surface area (Å²) in [5, 5.41) is 3.33. The molecule has 3 rings (SSSR count). The number of carbonyl (C=O) groups excluding carboxylic acids is 2. The summed E-state index contributed by atoms with van der Waals surface area (Å²) in [5.41, 5.74) is -0.188. The van der Waals surface area contributed by atoms with Crippen LogP contribution in [0.1, 0.15) is 5.56 Å². The second-order valence-electron chi connectivity index (χ2n) is 6.42. The van der Waals surface area contributed by atoms with Gasteiger partial charge in [-0.15, -0.1) is 0 Å². The van der Waals surface area contributed by atoms with Gasteiger partial charge in [0.1, 0.15) is 6.54 Å². The Morgan fingerprint density at radius 1 is 1.10 bits per heavy atom. The van der Waals surface area contributed by atoms with Gasteiger partial charge in [-0.1, -0.05) is 35.9 Å². The summed E-state index contributed by atoms with van der Waals surface area (Å²) in [6, 6.07) is 13.4. The van der Waals surface area contributed by atoms with E-state index in [1.165, 1.54) is 17.0 Å². The molecule has 0 bridgehead atoms. The normalized spacial score (nSPS) is 10.7. The maximum atomic E-state index is 12.4. The van der Waals surface area contributed by atoms with Gasteiger partial charge in [0.25, 0.3) is 17.0 Å². The molecule has 150 valence electrons. The van der Waals surface area contributed by atoms with Crippen molar-refractivity contribution < 1.29 is 14.3 Å². The minimum Gasteiger partial charge on any atom is -0.454 e. The van der Waals surface area contributed by atoms with Crippen molar-refractivity contribution in [3.63, 3.8) is 0 Å². The molecule has 0 atom stereocenters. The number of hydrogen-bond acceptors (Lipinski definition) is 5. The van der Waals surface area contributed by atoms with E-state index in [1.54, 1.807) is 37.4 Å². The number of ether oxygens (including phenoxy) is 1. The highest BCUT2D eigenvalue weighted by Crippen LogP contribution is 2.12. The Labute approximate surface area is 170 Å². The highest BCUT2D eigenvalue weighted by atomic mass is 35.5. The minimum atomic E-state index is -0.817. The lowest BCUT2D eigenvalue weighted by atomic mass is 10.2. The van der Waals surface area contributed by atoms with Crippen molar-refractivity contribution in [1.82, 2.24) is 14.7 Å². The number of esters is 1. The molecule has 9 heteroatoms. The molecular weight excluding hydrogens is 398 g/mol. The van der Waals surface area contributed by atoms with Gasteiger partial charge in [-0.25, -0.2) is 4.68 Å². The predicted molar refractivity (Wildman–Crippen MR) is 108 cm³/mol. The van der Waals surface area contributed by atoms with Gasteiger partial charge in [-0.3, -0.25) is 24.3 Å². The molecule has 0 fully saturated rings. The number of carbonyl (C=O) groups is 2. The number of nitrogens with zero attached hydrogens (tertiary/aromatic N) is 2. The Bertz CT molecular complexity index is 1180. The Kier molecular flexibility index (Phi) is 6.13. The predicted octanol–water partition coefficient (Wildman–Crippen LogP) is 1.54. The van der Waals surface area contributed by atoms with Gasteiger partial charge in [0.2, 0.25) is 0 Å². The molecule has 8 nitrogen and oxygen atoms in total. The summed E-state index contributed by atoms with van der Waals surface area (Å²) < 4.78 is 5.83. The summed E-state index contributed by atoms with van der Waals surface area (Å²) in [5.74, 6) is -1.24. The average Bonchev–Trinajstić information content (AvgIpc) is 2.70. The third-order valence-electron chi connectivity index (χ3n) is 4.26. The van der Waals surface area contributed by atoms with E-state index in [-0.39, 0.29) is 10.8 Å². The van der Waals surface area contributed by atoms with Crippen molar-refractivity contribution in [2.75, 3.05) is 13.7 Å². The van der Waals surface area contributed by atoms with Gasteiger partial charge in [0, 0.05) is 18.6 Å².